The molecule has 0 radical (unpaired) electrons. The molecule has 1 unspecified atom stereocenters. The van der Waals surface area contributed by atoms with E-state index in [0.717, 1.165) is 24.9 Å². The van der Waals surface area contributed by atoms with Gasteiger partial charge in [0, 0.05) is 23.4 Å². The average molecular weight is 495 g/mol. The molecule has 1 atom stereocenters. The maximum Gasteiger partial charge on any atom is 0.328 e. The first kappa shape index (κ1) is 15.5. The fourth-order valence-electron chi connectivity index (χ4n) is 2.33. The second-order valence-electron chi connectivity index (χ2n) is 4.78. The van der Waals surface area contributed by atoms with Crippen LogP contribution in [0.4, 0.5) is 0 Å². The average Bonchev–Trinajstić information content (AvgIpc) is 2.92. The molecule has 0 fully saturated rings. The fraction of sp³-hybridized carbons (Fsp3) is 0.214. The normalized spacial score (nSPS) is 13.0. The minimum atomic E-state index is -0.00474. The summed E-state index contributed by atoms with van der Waals surface area (Å²) in [4.78, 5) is 13.3. The molecule has 1 aromatic carbocycles. The number of fused-ring (bicyclic) bond motifs is 1. The predicted molar refractivity (Wildman–Crippen MR) is 98.6 cm³/mol. The molecule has 0 aliphatic carbocycles. The van der Waals surface area contributed by atoms with Crippen LogP contribution in [-0.4, -0.2) is 9.13 Å². The number of aryl methyl sites for hydroxylation is 2. The van der Waals surface area contributed by atoms with E-state index in [2.05, 4.69) is 66.0 Å². The molecule has 110 valence electrons. The van der Waals surface area contributed by atoms with E-state index in [-0.39, 0.29) is 10.5 Å². The predicted octanol–water partition coefficient (Wildman–Crippen LogP) is 4.95. The van der Waals surface area contributed by atoms with Gasteiger partial charge in [-0.2, -0.15) is 0 Å². The largest absolute Gasteiger partial charge is 0.328 e. The lowest BCUT2D eigenvalue weighted by atomic mass is 10.1. The first-order valence-electron chi connectivity index (χ1n) is 6.14. The van der Waals surface area contributed by atoms with Crippen molar-refractivity contribution in [1.82, 2.24) is 9.13 Å². The van der Waals surface area contributed by atoms with Gasteiger partial charge in [-0.3, -0.25) is 9.13 Å². The Labute approximate surface area is 151 Å². The van der Waals surface area contributed by atoms with Gasteiger partial charge in [0.1, 0.15) is 0 Å². The zero-order valence-electron chi connectivity index (χ0n) is 11.2. The molecule has 0 bridgehead atoms. The molecule has 3 aromatic rings. The minimum absolute atomic E-state index is 0.00474. The molecule has 2 heterocycles. The van der Waals surface area contributed by atoms with Gasteiger partial charge in [-0.05, 0) is 55.6 Å². The first-order valence-corrected chi connectivity index (χ1v) is 9.46. The zero-order chi connectivity index (χ0) is 15.3. The molecular weight excluding hydrogens is 484 g/mol. The molecule has 3 nitrogen and oxygen atoms in total. The molecule has 0 spiro atoms. The maximum atomic E-state index is 12.0. The van der Waals surface area contributed by atoms with Gasteiger partial charge in [0.15, 0.2) is 0 Å². The van der Waals surface area contributed by atoms with E-state index in [1.807, 2.05) is 6.07 Å². The number of benzene rings is 1. The van der Waals surface area contributed by atoms with Crippen LogP contribution in [0.25, 0.3) is 11.0 Å². The molecule has 7 heteroatoms. The lowest BCUT2D eigenvalue weighted by molar-refractivity contribution is 0.795. The van der Waals surface area contributed by atoms with Crippen molar-refractivity contribution in [1.29, 1.82) is 0 Å². The van der Waals surface area contributed by atoms with Crippen molar-refractivity contribution in [3.63, 3.8) is 0 Å². The standard InChI is InChI=1S/C14H11Br3N2OS/c1-18-9-4-3-7(5-10(9)19(2)14(18)20)12(16)11-6-8(15)13(17)21-11/h3-6,12H,1-2H3. The van der Waals surface area contributed by atoms with Gasteiger partial charge in [0.05, 0.1) is 19.6 Å². The quantitative estimate of drug-likeness (QED) is 0.463. The van der Waals surface area contributed by atoms with Gasteiger partial charge < -0.3 is 0 Å². The Morgan fingerprint density at radius 2 is 1.76 bits per heavy atom. The topological polar surface area (TPSA) is 26.9 Å². The molecule has 0 N–H and O–H groups in total. The monoisotopic (exact) mass is 492 g/mol. The molecule has 0 aliphatic rings. The number of imidazole rings is 1. The highest BCUT2D eigenvalue weighted by Gasteiger charge is 2.17. The molecular formula is C14H11Br3N2OS. The third-order valence-electron chi connectivity index (χ3n) is 3.50. The Morgan fingerprint density at radius 1 is 1.10 bits per heavy atom. The fourth-order valence-corrected chi connectivity index (χ4v) is 5.13. The lowest BCUT2D eigenvalue weighted by Crippen LogP contribution is -2.19. The lowest BCUT2D eigenvalue weighted by Gasteiger charge is -2.08. The van der Waals surface area contributed by atoms with Gasteiger partial charge in [0.2, 0.25) is 0 Å². The smallest absolute Gasteiger partial charge is 0.295 e. The van der Waals surface area contributed by atoms with Gasteiger partial charge in [0.25, 0.3) is 0 Å². The highest BCUT2D eigenvalue weighted by molar-refractivity contribution is 9.13. The first-order chi connectivity index (χ1) is 9.90. The van der Waals surface area contributed by atoms with Gasteiger partial charge in [-0.1, -0.05) is 22.0 Å². The van der Waals surface area contributed by atoms with E-state index in [4.69, 9.17) is 0 Å². The summed E-state index contributed by atoms with van der Waals surface area (Å²) in [6, 6.07) is 8.22. The van der Waals surface area contributed by atoms with Crippen LogP contribution < -0.4 is 5.69 Å². The third kappa shape index (κ3) is 2.58. The van der Waals surface area contributed by atoms with Gasteiger partial charge in [-0.15, -0.1) is 11.3 Å². The molecule has 2 aromatic heterocycles. The summed E-state index contributed by atoms with van der Waals surface area (Å²) in [5, 5.41) is 0. The van der Waals surface area contributed by atoms with E-state index in [9.17, 15) is 4.79 Å². The third-order valence-corrected chi connectivity index (χ3v) is 8.15. The number of rotatable bonds is 2. The van der Waals surface area contributed by atoms with E-state index in [0.29, 0.717) is 0 Å². The second-order valence-corrected chi connectivity index (χ2v) is 8.95. The van der Waals surface area contributed by atoms with Gasteiger partial charge >= 0.3 is 5.69 Å². The summed E-state index contributed by atoms with van der Waals surface area (Å²) < 4.78 is 5.48. The summed E-state index contributed by atoms with van der Waals surface area (Å²) in [6.45, 7) is 0. The molecule has 21 heavy (non-hydrogen) atoms. The number of hydrogen-bond acceptors (Lipinski definition) is 2. The van der Waals surface area contributed by atoms with Crippen molar-refractivity contribution in [2.24, 2.45) is 14.1 Å². The number of alkyl halides is 1. The van der Waals surface area contributed by atoms with E-state index < -0.39 is 0 Å². The van der Waals surface area contributed by atoms with E-state index in [1.54, 1.807) is 34.6 Å². The van der Waals surface area contributed by atoms with Gasteiger partial charge in [-0.25, -0.2) is 4.79 Å². The summed E-state index contributed by atoms with van der Waals surface area (Å²) in [6.07, 6.45) is 0. The van der Waals surface area contributed by atoms with E-state index >= 15 is 0 Å². The Bertz CT molecular complexity index is 874. The number of nitrogens with zero attached hydrogens (tertiary/aromatic N) is 2. The van der Waals surface area contributed by atoms with Crippen molar-refractivity contribution in [2.75, 3.05) is 0 Å². The summed E-state index contributed by atoms with van der Waals surface area (Å²) in [5.41, 5.74) is 3.01. The Kier molecular flexibility index (Phi) is 4.20. The van der Waals surface area contributed by atoms with Crippen molar-refractivity contribution in [2.45, 2.75) is 4.83 Å². The summed E-state index contributed by atoms with van der Waals surface area (Å²) >= 11 is 12.5. The summed E-state index contributed by atoms with van der Waals surface area (Å²) in [7, 11) is 3.60. The zero-order valence-corrected chi connectivity index (χ0v) is 16.8. The second kappa shape index (κ2) is 5.68. The molecule has 0 saturated heterocycles. The Balaban J connectivity index is 2.12. The van der Waals surface area contributed by atoms with Crippen LogP contribution >= 0.6 is 59.1 Å². The number of aromatic nitrogens is 2. The highest BCUT2D eigenvalue weighted by atomic mass is 79.9. The van der Waals surface area contributed by atoms with Crippen LogP contribution in [0.5, 0.6) is 0 Å². The van der Waals surface area contributed by atoms with Crippen LogP contribution in [0.3, 0.4) is 0 Å². The Morgan fingerprint density at radius 3 is 2.38 bits per heavy atom. The minimum Gasteiger partial charge on any atom is -0.295 e. The van der Waals surface area contributed by atoms with E-state index in [1.165, 1.54) is 4.88 Å². The molecule has 0 saturated carbocycles. The highest BCUT2D eigenvalue weighted by Crippen LogP contribution is 2.41. The Hall–Kier alpha value is -0.370. The maximum absolute atomic E-state index is 12.0. The molecule has 0 amide bonds. The molecule has 3 rings (SSSR count). The van der Waals surface area contributed by atoms with Crippen LogP contribution in [-0.2, 0) is 14.1 Å². The van der Waals surface area contributed by atoms with Crippen LogP contribution in [0, 0.1) is 0 Å². The molecule has 0 aliphatic heterocycles. The van der Waals surface area contributed by atoms with Crippen molar-refractivity contribution < 1.29 is 0 Å². The van der Waals surface area contributed by atoms with Crippen LogP contribution in [0.15, 0.2) is 37.3 Å². The van der Waals surface area contributed by atoms with Crippen LogP contribution in [0.1, 0.15) is 15.3 Å². The van der Waals surface area contributed by atoms with Crippen LogP contribution in [0.2, 0.25) is 0 Å². The SMILES string of the molecule is Cn1c(=O)n(C)c2cc(C(Br)c3cc(Br)c(Br)s3)ccc21. The number of thiophene rings is 1. The summed E-state index contributed by atoms with van der Waals surface area (Å²) in [5.74, 6) is 0. The van der Waals surface area contributed by atoms with Crippen molar-refractivity contribution >= 4 is 70.2 Å². The number of hydrogen-bond donors (Lipinski definition) is 0. The van der Waals surface area contributed by atoms with Crippen molar-refractivity contribution in [3.8, 4) is 0 Å². The van der Waals surface area contributed by atoms with Crippen molar-refractivity contribution in [3.05, 3.63) is 53.4 Å². The number of halogens is 3.